The number of nitrogens with one attached hydrogen (secondary N) is 1. The normalized spacial score (nSPS) is 11.2. The van der Waals surface area contributed by atoms with Gasteiger partial charge in [0.05, 0.1) is 12.2 Å². The number of nitrogens with zero attached hydrogens (tertiary/aromatic N) is 3. The number of hydrogen-bond donors (Lipinski definition) is 1. The molecule has 0 bridgehead atoms. The minimum Gasteiger partial charge on any atom is -0.327 e. The fourth-order valence-corrected chi connectivity index (χ4v) is 3.52. The average molecular weight is 446 g/mol. The van der Waals surface area contributed by atoms with Crippen molar-refractivity contribution in [3.05, 3.63) is 90.3 Å². The Balaban J connectivity index is 2.03. The van der Waals surface area contributed by atoms with E-state index in [9.17, 15) is 9.59 Å². The van der Waals surface area contributed by atoms with Gasteiger partial charge in [0.1, 0.15) is 0 Å². The van der Waals surface area contributed by atoms with Crippen LogP contribution in [0, 0.1) is 6.92 Å². The maximum Gasteiger partial charge on any atom is 0.337 e. The largest absolute Gasteiger partial charge is 0.337 e. The molecule has 0 radical (unpaired) electrons. The van der Waals surface area contributed by atoms with E-state index >= 15 is 0 Å². The molecule has 0 fully saturated rings. The summed E-state index contributed by atoms with van der Waals surface area (Å²) in [5.41, 5.74) is 2.06. The molecule has 27 heavy (non-hydrogen) atoms. The Bertz CT molecular complexity index is 1270. The highest BCUT2D eigenvalue weighted by atomic mass is 79.9. The molecule has 0 unspecified atom stereocenters. The molecule has 0 aliphatic rings. The van der Waals surface area contributed by atoms with E-state index in [0.717, 1.165) is 11.1 Å². The Morgan fingerprint density at radius 2 is 1.81 bits per heavy atom. The molecule has 0 spiro atoms. The topological polar surface area (TPSA) is 72.7 Å². The molecular weight excluding hydrogens is 432 g/mol. The van der Waals surface area contributed by atoms with Gasteiger partial charge in [-0.1, -0.05) is 41.9 Å². The van der Waals surface area contributed by atoms with Gasteiger partial charge in [0, 0.05) is 5.02 Å². The first-order chi connectivity index (χ1) is 13.0. The summed E-state index contributed by atoms with van der Waals surface area (Å²) in [6.45, 7) is 2.04. The second-order valence-corrected chi connectivity index (χ2v) is 7.34. The van der Waals surface area contributed by atoms with Crippen LogP contribution in [0.3, 0.4) is 0 Å². The molecule has 2 heterocycles. The fourth-order valence-electron chi connectivity index (χ4n) is 3.02. The zero-order valence-corrected chi connectivity index (χ0v) is 16.6. The lowest BCUT2D eigenvalue weighted by Gasteiger charge is -2.13. The third-order valence-electron chi connectivity index (χ3n) is 4.36. The summed E-state index contributed by atoms with van der Waals surface area (Å²) >= 11 is 9.19. The molecule has 0 saturated heterocycles. The number of benzene rings is 2. The molecule has 2 aromatic heterocycles. The molecular formula is C19H14BrClN4O2. The maximum absolute atomic E-state index is 13.3. The van der Waals surface area contributed by atoms with Crippen molar-refractivity contribution in [3.8, 4) is 5.69 Å². The zero-order chi connectivity index (χ0) is 19.1. The highest BCUT2D eigenvalue weighted by Gasteiger charge is 2.19. The van der Waals surface area contributed by atoms with Crippen molar-refractivity contribution in [2.75, 3.05) is 0 Å². The predicted molar refractivity (Wildman–Crippen MR) is 109 cm³/mol. The van der Waals surface area contributed by atoms with Gasteiger partial charge in [0.25, 0.3) is 5.56 Å². The van der Waals surface area contributed by atoms with Crippen LogP contribution in [-0.4, -0.2) is 19.1 Å². The summed E-state index contributed by atoms with van der Waals surface area (Å²) in [6, 6.07) is 14.5. The number of aromatic amines is 1. The Labute approximate surface area is 167 Å². The van der Waals surface area contributed by atoms with Crippen LogP contribution in [-0.2, 0) is 6.54 Å². The number of hydrogen-bond acceptors (Lipinski definition) is 3. The van der Waals surface area contributed by atoms with Crippen LogP contribution < -0.4 is 11.2 Å². The van der Waals surface area contributed by atoms with E-state index in [0.29, 0.717) is 21.1 Å². The highest BCUT2D eigenvalue weighted by molar-refractivity contribution is 9.10. The minimum atomic E-state index is -0.448. The van der Waals surface area contributed by atoms with Crippen molar-refractivity contribution in [2.45, 2.75) is 13.5 Å². The smallest absolute Gasteiger partial charge is 0.327 e. The van der Waals surface area contributed by atoms with Gasteiger partial charge in [-0.2, -0.15) is 0 Å². The van der Waals surface area contributed by atoms with Gasteiger partial charge in [-0.25, -0.2) is 14.3 Å². The SMILES string of the molecule is Cc1ccccc1-n1c(=O)n(Cc2ccc(Cl)cc2)c(=O)c2[nH]c(Br)nc21. The van der Waals surface area contributed by atoms with Gasteiger partial charge in [0.2, 0.25) is 0 Å². The summed E-state index contributed by atoms with van der Waals surface area (Å²) in [5, 5.41) is 0.594. The van der Waals surface area contributed by atoms with Crippen LogP contribution in [0.25, 0.3) is 16.9 Å². The molecule has 2 aromatic carbocycles. The monoisotopic (exact) mass is 444 g/mol. The molecule has 4 rings (SSSR count). The molecule has 4 aromatic rings. The average Bonchev–Trinajstić information content (AvgIpc) is 3.03. The van der Waals surface area contributed by atoms with E-state index in [2.05, 4.69) is 25.9 Å². The lowest BCUT2D eigenvalue weighted by atomic mass is 10.2. The Morgan fingerprint density at radius 1 is 1.11 bits per heavy atom. The lowest BCUT2D eigenvalue weighted by molar-refractivity contribution is 0.682. The van der Waals surface area contributed by atoms with E-state index in [1.165, 1.54) is 9.13 Å². The van der Waals surface area contributed by atoms with Gasteiger partial charge in [-0.05, 0) is 52.2 Å². The highest BCUT2D eigenvalue weighted by Crippen LogP contribution is 2.18. The van der Waals surface area contributed by atoms with Crippen molar-refractivity contribution in [1.82, 2.24) is 19.1 Å². The van der Waals surface area contributed by atoms with Gasteiger partial charge in [-0.3, -0.25) is 9.36 Å². The van der Waals surface area contributed by atoms with Crippen LogP contribution in [0.5, 0.6) is 0 Å². The van der Waals surface area contributed by atoms with Crippen molar-refractivity contribution in [3.63, 3.8) is 0 Å². The molecule has 6 nitrogen and oxygen atoms in total. The van der Waals surface area contributed by atoms with Crippen LogP contribution >= 0.6 is 27.5 Å². The second-order valence-electron chi connectivity index (χ2n) is 6.15. The fraction of sp³-hybridized carbons (Fsp3) is 0.105. The molecule has 0 saturated carbocycles. The van der Waals surface area contributed by atoms with E-state index < -0.39 is 11.2 Å². The van der Waals surface area contributed by atoms with E-state index in [4.69, 9.17) is 11.6 Å². The van der Waals surface area contributed by atoms with Gasteiger partial charge in [-0.15, -0.1) is 0 Å². The van der Waals surface area contributed by atoms with Crippen molar-refractivity contribution >= 4 is 38.7 Å². The third-order valence-corrected chi connectivity index (χ3v) is 4.99. The standard InChI is InChI=1S/C19H14BrClN4O2/c1-11-4-2-3-5-14(11)25-16-15(22-18(20)23-16)17(26)24(19(25)27)10-12-6-8-13(21)9-7-12/h2-9H,10H2,1H3,(H,22,23). The van der Waals surface area contributed by atoms with E-state index in [-0.39, 0.29) is 12.1 Å². The quantitative estimate of drug-likeness (QED) is 0.489. The predicted octanol–water partition coefficient (Wildman–Crippen LogP) is 3.65. The summed E-state index contributed by atoms with van der Waals surface area (Å²) < 4.78 is 3.05. The van der Waals surface area contributed by atoms with E-state index in [1.54, 1.807) is 24.3 Å². The number of H-pyrrole nitrogens is 1. The molecule has 0 atom stereocenters. The van der Waals surface area contributed by atoms with Crippen LogP contribution in [0.1, 0.15) is 11.1 Å². The first-order valence-electron chi connectivity index (χ1n) is 8.17. The van der Waals surface area contributed by atoms with Gasteiger partial charge < -0.3 is 4.98 Å². The number of rotatable bonds is 3. The summed E-state index contributed by atoms with van der Waals surface area (Å²) in [5.74, 6) is 0. The van der Waals surface area contributed by atoms with Crippen LogP contribution in [0.2, 0.25) is 5.02 Å². The second kappa shape index (κ2) is 6.83. The Morgan fingerprint density at radius 3 is 2.52 bits per heavy atom. The third kappa shape index (κ3) is 3.13. The zero-order valence-electron chi connectivity index (χ0n) is 14.2. The number of aromatic nitrogens is 4. The van der Waals surface area contributed by atoms with E-state index in [1.807, 2.05) is 31.2 Å². The van der Waals surface area contributed by atoms with Crippen LogP contribution in [0.4, 0.5) is 0 Å². The number of para-hydroxylation sites is 1. The molecule has 0 amide bonds. The maximum atomic E-state index is 13.3. The summed E-state index contributed by atoms with van der Waals surface area (Å²) in [4.78, 5) is 33.4. The number of fused-ring (bicyclic) bond motifs is 1. The van der Waals surface area contributed by atoms with Crippen LogP contribution in [0.15, 0.2) is 62.9 Å². The lowest BCUT2D eigenvalue weighted by Crippen LogP contribution is -2.40. The molecule has 0 aliphatic heterocycles. The van der Waals surface area contributed by atoms with Gasteiger partial charge in [0.15, 0.2) is 15.9 Å². The number of aryl methyl sites for hydroxylation is 1. The van der Waals surface area contributed by atoms with Crippen molar-refractivity contribution < 1.29 is 0 Å². The number of imidazole rings is 1. The Hall–Kier alpha value is -2.64. The molecule has 8 heteroatoms. The Kier molecular flexibility index (Phi) is 4.49. The summed E-state index contributed by atoms with van der Waals surface area (Å²) in [6.07, 6.45) is 0. The van der Waals surface area contributed by atoms with Crippen molar-refractivity contribution in [1.29, 1.82) is 0 Å². The first-order valence-corrected chi connectivity index (χ1v) is 9.34. The minimum absolute atomic E-state index is 0.132. The number of halogens is 2. The first kappa shape index (κ1) is 17.8. The van der Waals surface area contributed by atoms with Gasteiger partial charge >= 0.3 is 5.69 Å². The molecule has 1 N–H and O–H groups in total. The summed E-state index contributed by atoms with van der Waals surface area (Å²) in [7, 11) is 0. The molecule has 0 aliphatic carbocycles. The molecule has 136 valence electrons. The van der Waals surface area contributed by atoms with Crippen molar-refractivity contribution in [2.24, 2.45) is 0 Å².